The summed E-state index contributed by atoms with van der Waals surface area (Å²) in [4.78, 5) is 25.4. The largest absolute Gasteiger partial charge is 0.348 e. The van der Waals surface area contributed by atoms with E-state index in [9.17, 15) is 9.59 Å². The summed E-state index contributed by atoms with van der Waals surface area (Å²) >= 11 is 1.63. The Morgan fingerprint density at radius 1 is 1.14 bits per heavy atom. The van der Waals surface area contributed by atoms with Crippen molar-refractivity contribution < 1.29 is 9.59 Å². The zero-order chi connectivity index (χ0) is 20.5. The predicted molar refractivity (Wildman–Crippen MR) is 113 cm³/mol. The van der Waals surface area contributed by atoms with E-state index in [1.54, 1.807) is 36.0 Å². The second-order valence-electron chi connectivity index (χ2n) is 6.64. The number of thioether (sulfide) groups is 1. The number of benzene rings is 2. The number of carbonyl (C=O) groups is 2. The maximum absolute atomic E-state index is 12.8. The van der Waals surface area contributed by atoms with E-state index < -0.39 is 6.04 Å². The van der Waals surface area contributed by atoms with Crippen LogP contribution in [-0.4, -0.2) is 29.9 Å². The van der Waals surface area contributed by atoms with Gasteiger partial charge in [-0.1, -0.05) is 29.8 Å². The molecule has 0 aliphatic heterocycles. The van der Waals surface area contributed by atoms with Crippen LogP contribution in [0.15, 0.2) is 48.5 Å². The van der Waals surface area contributed by atoms with E-state index in [1.807, 2.05) is 44.4 Å². The van der Waals surface area contributed by atoms with Crippen LogP contribution in [-0.2, 0) is 4.79 Å². The molecule has 0 bridgehead atoms. The van der Waals surface area contributed by atoms with Crippen molar-refractivity contribution in [2.75, 3.05) is 12.0 Å². The predicted octanol–water partition coefficient (Wildman–Crippen LogP) is 3.60. The van der Waals surface area contributed by atoms with Gasteiger partial charge in [0.2, 0.25) is 5.91 Å². The van der Waals surface area contributed by atoms with Gasteiger partial charge in [-0.3, -0.25) is 9.59 Å². The van der Waals surface area contributed by atoms with Crippen molar-refractivity contribution in [1.82, 2.24) is 10.6 Å². The molecule has 0 fully saturated rings. The Morgan fingerprint density at radius 3 is 2.46 bits per heavy atom. The van der Waals surface area contributed by atoms with Crippen LogP contribution >= 0.6 is 11.8 Å². The van der Waals surface area contributed by atoms with Crippen molar-refractivity contribution in [3.63, 3.8) is 0 Å². The number of aryl methyl sites for hydroxylation is 1. The lowest BCUT2D eigenvalue weighted by molar-refractivity contribution is -0.123. The number of amides is 2. The number of nitrogens with zero attached hydrogens (tertiary/aromatic N) is 1. The summed E-state index contributed by atoms with van der Waals surface area (Å²) in [6.07, 6.45) is 2.52. The van der Waals surface area contributed by atoms with Gasteiger partial charge in [0.05, 0.1) is 17.7 Å². The number of hydrogen-bond acceptors (Lipinski definition) is 4. The average Bonchev–Trinajstić information content (AvgIpc) is 2.70. The molecule has 0 radical (unpaired) electrons. The lowest BCUT2D eigenvalue weighted by Gasteiger charge is -2.21. The van der Waals surface area contributed by atoms with Crippen molar-refractivity contribution in [3.8, 4) is 6.07 Å². The summed E-state index contributed by atoms with van der Waals surface area (Å²) in [6, 6.07) is 15.6. The second-order valence-corrected chi connectivity index (χ2v) is 7.63. The summed E-state index contributed by atoms with van der Waals surface area (Å²) in [7, 11) is 0. The molecule has 2 amide bonds. The third-order valence-corrected chi connectivity index (χ3v) is 5.06. The summed E-state index contributed by atoms with van der Waals surface area (Å²) in [5.74, 6) is 0.292. The molecule has 5 nitrogen and oxygen atoms in total. The van der Waals surface area contributed by atoms with Crippen LogP contribution in [0, 0.1) is 18.3 Å². The Labute approximate surface area is 170 Å². The van der Waals surface area contributed by atoms with Gasteiger partial charge in [-0.25, -0.2) is 0 Å². The maximum Gasteiger partial charge on any atom is 0.251 e. The van der Waals surface area contributed by atoms with Crippen LogP contribution in [0.25, 0.3) is 0 Å². The average molecular weight is 396 g/mol. The van der Waals surface area contributed by atoms with Gasteiger partial charge in [0, 0.05) is 5.56 Å². The quantitative estimate of drug-likeness (QED) is 0.716. The third-order valence-electron chi connectivity index (χ3n) is 4.41. The van der Waals surface area contributed by atoms with E-state index in [4.69, 9.17) is 5.26 Å². The van der Waals surface area contributed by atoms with E-state index in [-0.39, 0.29) is 17.9 Å². The van der Waals surface area contributed by atoms with E-state index in [0.717, 1.165) is 16.9 Å². The SMILES string of the molecule is CSCCC(NC(=O)c1cccc(C)c1)C(=O)NC(C)c1ccc(C#N)cc1. The number of nitriles is 1. The van der Waals surface area contributed by atoms with E-state index >= 15 is 0 Å². The van der Waals surface area contributed by atoms with Crippen LogP contribution in [0.5, 0.6) is 0 Å². The molecule has 2 rings (SSSR count). The van der Waals surface area contributed by atoms with Gasteiger partial charge in [-0.2, -0.15) is 17.0 Å². The van der Waals surface area contributed by atoms with Crippen molar-refractivity contribution >= 4 is 23.6 Å². The monoisotopic (exact) mass is 395 g/mol. The number of nitrogens with one attached hydrogen (secondary N) is 2. The Balaban J connectivity index is 2.06. The van der Waals surface area contributed by atoms with E-state index in [2.05, 4.69) is 16.7 Å². The molecule has 2 atom stereocenters. The third kappa shape index (κ3) is 6.14. The van der Waals surface area contributed by atoms with E-state index in [1.165, 1.54) is 0 Å². The lowest BCUT2D eigenvalue weighted by atomic mass is 10.1. The van der Waals surface area contributed by atoms with Gasteiger partial charge in [0.15, 0.2) is 0 Å². The fourth-order valence-corrected chi connectivity index (χ4v) is 3.25. The summed E-state index contributed by atoms with van der Waals surface area (Å²) in [5.41, 5.74) is 3.01. The number of rotatable bonds is 8. The highest BCUT2D eigenvalue weighted by molar-refractivity contribution is 7.98. The fraction of sp³-hybridized carbons (Fsp3) is 0.318. The van der Waals surface area contributed by atoms with Gasteiger partial charge in [-0.15, -0.1) is 0 Å². The normalized spacial score (nSPS) is 12.5. The Hall–Kier alpha value is -2.78. The van der Waals surface area contributed by atoms with Crippen LogP contribution in [0.4, 0.5) is 0 Å². The first-order chi connectivity index (χ1) is 13.4. The Kier molecular flexibility index (Phi) is 8.09. The van der Waals surface area contributed by atoms with Crippen LogP contribution in [0.1, 0.15) is 46.4 Å². The highest BCUT2D eigenvalue weighted by Crippen LogP contribution is 2.14. The molecule has 0 heterocycles. The molecule has 0 aromatic heterocycles. The number of carbonyl (C=O) groups excluding carboxylic acids is 2. The fourth-order valence-electron chi connectivity index (χ4n) is 2.78. The van der Waals surface area contributed by atoms with Gasteiger partial charge < -0.3 is 10.6 Å². The molecular weight excluding hydrogens is 370 g/mol. The van der Waals surface area contributed by atoms with Crippen LogP contribution in [0.2, 0.25) is 0 Å². The molecule has 2 aromatic rings. The first-order valence-corrected chi connectivity index (χ1v) is 10.5. The van der Waals surface area contributed by atoms with Gasteiger partial charge in [0.25, 0.3) is 5.91 Å². The molecule has 2 N–H and O–H groups in total. The van der Waals surface area contributed by atoms with Crippen molar-refractivity contribution in [2.24, 2.45) is 0 Å². The van der Waals surface area contributed by atoms with Crippen LogP contribution < -0.4 is 10.6 Å². The summed E-state index contributed by atoms with van der Waals surface area (Å²) in [5, 5.41) is 14.7. The molecule has 0 saturated carbocycles. The summed E-state index contributed by atoms with van der Waals surface area (Å²) in [6.45, 7) is 3.81. The molecular formula is C22H25N3O2S. The highest BCUT2D eigenvalue weighted by Gasteiger charge is 2.23. The van der Waals surface area contributed by atoms with Crippen molar-refractivity contribution in [2.45, 2.75) is 32.4 Å². The number of hydrogen-bond donors (Lipinski definition) is 2. The molecule has 0 spiro atoms. The molecule has 2 aromatic carbocycles. The smallest absolute Gasteiger partial charge is 0.251 e. The maximum atomic E-state index is 12.8. The Morgan fingerprint density at radius 2 is 1.86 bits per heavy atom. The molecule has 0 aliphatic carbocycles. The van der Waals surface area contributed by atoms with Crippen molar-refractivity contribution in [3.05, 3.63) is 70.8 Å². The second kappa shape index (κ2) is 10.5. The zero-order valence-corrected chi connectivity index (χ0v) is 17.2. The molecule has 2 unspecified atom stereocenters. The van der Waals surface area contributed by atoms with Gasteiger partial charge in [-0.05, 0) is 62.1 Å². The minimum atomic E-state index is -0.610. The minimum Gasteiger partial charge on any atom is -0.348 e. The molecule has 28 heavy (non-hydrogen) atoms. The summed E-state index contributed by atoms with van der Waals surface area (Å²) < 4.78 is 0. The first kappa shape index (κ1) is 21.5. The lowest BCUT2D eigenvalue weighted by Crippen LogP contribution is -2.47. The van der Waals surface area contributed by atoms with E-state index in [0.29, 0.717) is 17.5 Å². The Bertz CT molecular complexity index is 859. The van der Waals surface area contributed by atoms with Gasteiger partial charge >= 0.3 is 0 Å². The molecule has 0 saturated heterocycles. The standard InChI is InChI=1S/C22H25N3O2S/c1-15-5-4-6-19(13-15)21(26)25-20(11-12-28-3)22(27)24-16(2)18-9-7-17(14-23)8-10-18/h4-10,13,16,20H,11-12H2,1-3H3,(H,24,27)(H,25,26). The minimum absolute atomic E-state index is 0.216. The molecule has 146 valence electrons. The zero-order valence-electron chi connectivity index (χ0n) is 16.4. The van der Waals surface area contributed by atoms with Crippen LogP contribution in [0.3, 0.4) is 0 Å². The first-order valence-electron chi connectivity index (χ1n) is 9.11. The molecule has 6 heteroatoms. The highest BCUT2D eigenvalue weighted by atomic mass is 32.2. The van der Waals surface area contributed by atoms with Crippen molar-refractivity contribution in [1.29, 1.82) is 5.26 Å². The van der Waals surface area contributed by atoms with Gasteiger partial charge in [0.1, 0.15) is 6.04 Å². The topological polar surface area (TPSA) is 82.0 Å². The molecule has 0 aliphatic rings.